The maximum absolute atomic E-state index is 12.2. The molecule has 2 aromatic carbocycles. The lowest BCUT2D eigenvalue weighted by Crippen LogP contribution is -2.27. The van der Waals surface area contributed by atoms with Crippen LogP contribution in [0.2, 0.25) is 0 Å². The molecule has 0 bridgehead atoms. The molecule has 2 amide bonds. The van der Waals surface area contributed by atoms with Gasteiger partial charge >= 0.3 is 5.97 Å². The SMILES string of the molecule is CCc1ccc2c(c1)C(CCNC(=O)CCc1ccccc1C(=O)O)C(=O)N2. The van der Waals surface area contributed by atoms with Crippen molar-refractivity contribution in [3.63, 3.8) is 0 Å². The third kappa shape index (κ3) is 4.39. The number of nitrogens with one attached hydrogen (secondary N) is 2. The van der Waals surface area contributed by atoms with Crippen LogP contribution in [0.5, 0.6) is 0 Å². The van der Waals surface area contributed by atoms with Crippen molar-refractivity contribution < 1.29 is 19.5 Å². The van der Waals surface area contributed by atoms with Gasteiger partial charge in [0.25, 0.3) is 0 Å². The number of fused-ring (bicyclic) bond motifs is 1. The van der Waals surface area contributed by atoms with E-state index in [4.69, 9.17) is 0 Å². The average Bonchev–Trinajstić information content (AvgIpc) is 3.01. The monoisotopic (exact) mass is 380 g/mol. The second-order valence-corrected chi connectivity index (χ2v) is 6.92. The zero-order valence-corrected chi connectivity index (χ0v) is 15.8. The Hall–Kier alpha value is -3.15. The molecule has 1 heterocycles. The normalized spacial score (nSPS) is 15.0. The van der Waals surface area contributed by atoms with E-state index in [2.05, 4.69) is 23.6 Å². The smallest absolute Gasteiger partial charge is 0.335 e. The van der Waals surface area contributed by atoms with Crippen LogP contribution in [-0.2, 0) is 22.4 Å². The lowest BCUT2D eigenvalue weighted by atomic mass is 9.95. The number of rotatable bonds is 8. The van der Waals surface area contributed by atoms with Crippen LogP contribution < -0.4 is 10.6 Å². The fourth-order valence-electron chi connectivity index (χ4n) is 3.52. The molecule has 2 aromatic rings. The summed E-state index contributed by atoms with van der Waals surface area (Å²) in [6.45, 7) is 2.47. The molecule has 0 radical (unpaired) electrons. The number of anilines is 1. The fourth-order valence-corrected chi connectivity index (χ4v) is 3.52. The molecule has 0 saturated carbocycles. The first-order valence-corrected chi connectivity index (χ1v) is 9.51. The van der Waals surface area contributed by atoms with E-state index in [9.17, 15) is 19.5 Å². The van der Waals surface area contributed by atoms with Crippen LogP contribution in [0.15, 0.2) is 42.5 Å². The number of carboxylic acids is 1. The summed E-state index contributed by atoms with van der Waals surface area (Å²) in [5.74, 6) is -1.43. The number of amides is 2. The Morgan fingerprint density at radius 1 is 1.18 bits per heavy atom. The second-order valence-electron chi connectivity index (χ2n) is 6.92. The topological polar surface area (TPSA) is 95.5 Å². The van der Waals surface area contributed by atoms with E-state index in [1.807, 2.05) is 12.1 Å². The fraction of sp³-hybridized carbons (Fsp3) is 0.318. The van der Waals surface area contributed by atoms with E-state index in [0.29, 0.717) is 24.9 Å². The lowest BCUT2D eigenvalue weighted by molar-refractivity contribution is -0.121. The molecule has 146 valence electrons. The summed E-state index contributed by atoms with van der Waals surface area (Å²) in [6.07, 6.45) is 2.00. The number of carboxylic acid groups (broad SMARTS) is 1. The molecule has 0 saturated heterocycles. The highest BCUT2D eigenvalue weighted by atomic mass is 16.4. The van der Waals surface area contributed by atoms with Gasteiger partial charge < -0.3 is 15.7 Å². The standard InChI is InChI=1S/C22H24N2O4/c1-2-14-7-9-19-18(13-14)17(21(26)24-19)11-12-23-20(25)10-8-15-5-3-4-6-16(15)22(27)28/h3-7,9,13,17H,2,8,10-12H2,1H3,(H,23,25)(H,24,26)(H,27,28). The first-order chi connectivity index (χ1) is 13.5. The number of hydrogen-bond acceptors (Lipinski definition) is 3. The number of hydrogen-bond donors (Lipinski definition) is 3. The van der Waals surface area contributed by atoms with Crippen molar-refractivity contribution in [2.24, 2.45) is 0 Å². The summed E-state index contributed by atoms with van der Waals surface area (Å²) in [4.78, 5) is 35.6. The van der Waals surface area contributed by atoms with Crippen LogP contribution in [-0.4, -0.2) is 29.4 Å². The Bertz CT molecular complexity index is 907. The van der Waals surface area contributed by atoms with Crippen molar-refractivity contribution in [3.8, 4) is 0 Å². The van der Waals surface area contributed by atoms with Crippen molar-refractivity contribution in [1.29, 1.82) is 0 Å². The van der Waals surface area contributed by atoms with Gasteiger partial charge in [0.1, 0.15) is 0 Å². The summed E-state index contributed by atoms with van der Waals surface area (Å²) in [5.41, 5.74) is 3.89. The van der Waals surface area contributed by atoms with Crippen LogP contribution in [0.3, 0.4) is 0 Å². The molecule has 3 N–H and O–H groups in total. The molecule has 0 aromatic heterocycles. The molecule has 6 nitrogen and oxygen atoms in total. The van der Waals surface area contributed by atoms with Gasteiger partial charge in [-0.05, 0) is 48.1 Å². The van der Waals surface area contributed by atoms with Gasteiger partial charge in [-0.15, -0.1) is 0 Å². The van der Waals surface area contributed by atoms with Gasteiger partial charge in [-0.25, -0.2) is 4.79 Å². The quantitative estimate of drug-likeness (QED) is 0.656. The van der Waals surface area contributed by atoms with Crippen molar-refractivity contribution in [2.75, 3.05) is 11.9 Å². The third-order valence-electron chi connectivity index (χ3n) is 5.10. The molecular weight excluding hydrogens is 356 g/mol. The molecular formula is C22H24N2O4. The van der Waals surface area contributed by atoms with Crippen LogP contribution >= 0.6 is 0 Å². The van der Waals surface area contributed by atoms with Gasteiger partial charge in [-0.1, -0.05) is 37.3 Å². The minimum absolute atomic E-state index is 0.0344. The predicted molar refractivity (Wildman–Crippen MR) is 107 cm³/mol. The molecule has 1 aliphatic heterocycles. The van der Waals surface area contributed by atoms with Gasteiger partial charge in [0.2, 0.25) is 11.8 Å². The molecule has 3 rings (SSSR count). The molecule has 6 heteroatoms. The Morgan fingerprint density at radius 2 is 1.96 bits per heavy atom. The van der Waals surface area contributed by atoms with Crippen LogP contribution in [0, 0.1) is 0 Å². The van der Waals surface area contributed by atoms with Gasteiger partial charge in [0.05, 0.1) is 11.5 Å². The van der Waals surface area contributed by atoms with E-state index in [1.54, 1.807) is 18.2 Å². The molecule has 1 aliphatic rings. The Balaban J connectivity index is 1.51. The first kappa shape index (κ1) is 19.6. The van der Waals surface area contributed by atoms with Crippen LogP contribution in [0.25, 0.3) is 0 Å². The van der Waals surface area contributed by atoms with Gasteiger partial charge in [0.15, 0.2) is 0 Å². The van der Waals surface area contributed by atoms with E-state index >= 15 is 0 Å². The van der Waals surface area contributed by atoms with E-state index in [1.165, 1.54) is 11.6 Å². The van der Waals surface area contributed by atoms with E-state index in [0.717, 1.165) is 17.7 Å². The highest BCUT2D eigenvalue weighted by Gasteiger charge is 2.30. The summed E-state index contributed by atoms with van der Waals surface area (Å²) >= 11 is 0. The number of carbonyl (C=O) groups is 3. The molecule has 0 aliphatic carbocycles. The highest BCUT2D eigenvalue weighted by Crippen LogP contribution is 2.35. The maximum atomic E-state index is 12.2. The summed E-state index contributed by atoms with van der Waals surface area (Å²) < 4.78 is 0. The lowest BCUT2D eigenvalue weighted by Gasteiger charge is -2.11. The average molecular weight is 380 g/mol. The zero-order chi connectivity index (χ0) is 20.1. The largest absolute Gasteiger partial charge is 0.478 e. The van der Waals surface area contributed by atoms with Gasteiger partial charge in [-0.3, -0.25) is 9.59 Å². The molecule has 1 atom stereocenters. The number of aromatic carboxylic acids is 1. The zero-order valence-electron chi connectivity index (χ0n) is 15.8. The van der Waals surface area contributed by atoms with Gasteiger partial charge in [-0.2, -0.15) is 0 Å². The Morgan fingerprint density at radius 3 is 2.71 bits per heavy atom. The summed E-state index contributed by atoms with van der Waals surface area (Å²) in [7, 11) is 0. The van der Waals surface area contributed by atoms with Crippen molar-refractivity contribution >= 4 is 23.5 Å². The first-order valence-electron chi connectivity index (χ1n) is 9.51. The van der Waals surface area contributed by atoms with Crippen molar-refractivity contribution in [2.45, 2.75) is 38.5 Å². The van der Waals surface area contributed by atoms with E-state index < -0.39 is 5.97 Å². The Kier molecular flexibility index (Phi) is 6.09. The third-order valence-corrected chi connectivity index (χ3v) is 5.10. The molecule has 0 spiro atoms. The Labute approximate surface area is 164 Å². The summed E-state index contributed by atoms with van der Waals surface area (Å²) in [6, 6.07) is 12.7. The number of carbonyl (C=O) groups excluding carboxylic acids is 2. The summed E-state index contributed by atoms with van der Waals surface area (Å²) in [5, 5.41) is 14.9. The molecule has 1 unspecified atom stereocenters. The van der Waals surface area contributed by atoms with Crippen LogP contribution in [0.1, 0.15) is 52.7 Å². The van der Waals surface area contributed by atoms with E-state index in [-0.39, 0.29) is 29.7 Å². The predicted octanol–water partition coefficient (Wildman–Crippen LogP) is 3.12. The van der Waals surface area contributed by atoms with Crippen LogP contribution in [0.4, 0.5) is 5.69 Å². The van der Waals surface area contributed by atoms with Crippen molar-refractivity contribution in [3.05, 3.63) is 64.7 Å². The van der Waals surface area contributed by atoms with Crippen molar-refractivity contribution in [1.82, 2.24) is 5.32 Å². The molecule has 0 fully saturated rings. The maximum Gasteiger partial charge on any atom is 0.335 e. The second kappa shape index (κ2) is 8.69. The minimum Gasteiger partial charge on any atom is -0.478 e. The number of aryl methyl sites for hydroxylation is 2. The number of benzene rings is 2. The highest BCUT2D eigenvalue weighted by molar-refractivity contribution is 6.03. The van der Waals surface area contributed by atoms with Gasteiger partial charge in [0, 0.05) is 18.7 Å². The minimum atomic E-state index is -0.992. The molecule has 28 heavy (non-hydrogen) atoms.